The molecule has 2 rings (SSSR count). The summed E-state index contributed by atoms with van der Waals surface area (Å²) < 4.78 is 1.82. The average Bonchev–Trinajstić information content (AvgIpc) is 2.90. The van der Waals surface area contributed by atoms with Gasteiger partial charge in [-0.1, -0.05) is 26.0 Å². The second-order valence-corrected chi connectivity index (χ2v) is 5.12. The number of aliphatic imine (C=N–C) groups is 1. The number of nitrogens with one attached hydrogen (secondary N) is 1. The number of anilines is 1. The number of benzene rings is 1. The molecule has 1 aromatic carbocycles. The van der Waals surface area contributed by atoms with Gasteiger partial charge >= 0.3 is 0 Å². The van der Waals surface area contributed by atoms with Crippen molar-refractivity contribution in [2.45, 2.75) is 32.7 Å². The van der Waals surface area contributed by atoms with E-state index in [2.05, 4.69) is 46.5 Å². The number of rotatable bonds is 5. The maximum absolute atomic E-state index is 5.88. The molecule has 0 spiro atoms. The Balaban J connectivity index is 1.96. The highest BCUT2D eigenvalue weighted by atomic mass is 15.3. The molecule has 0 radical (unpaired) electrons. The van der Waals surface area contributed by atoms with Crippen molar-refractivity contribution in [3.05, 3.63) is 42.0 Å². The molecule has 6 heteroatoms. The van der Waals surface area contributed by atoms with Crippen LogP contribution in [0.5, 0.6) is 0 Å². The average molecular weight is 286 g/mol. The first-order chi connectivity index (χ1) is 10.1. The maximum atomic E-state index is 5.88. The van der Waals surface area contributed by atoms with Crippen molar-refractivity contribution in [3.63, 3.8) is 0 Å². The van der Waals surface area contributed by atoms with Crippen LogP contribution in [0.3, 0.4) is 0 Å². The molecule has 6 nitrogen and oxygen atoms in total. The number of aryl methyl sites for hydroxylation is 1. The van der Waals surface area contributed by atoms with Gasteiger partial charge < -0.3 is 15.6 Å². The van der Waals surface area contributed by atoms with E-state index in [1.807, 2.05) is 23.7 Å². The number of hydrogen-bond donors (Lipinski definition) is 2. The summed E-state index contributed by atoms with van der Waals surface area (Å²) in [4.78, 5) is 4.26. The lowest BCUT2D eigenvalue weighted by Gasteiger charge is -2.10. The van der Waals surface area contributed by atoms with E-state index in [-0.39, 0.29) is 0 Å². The SMILES string of the molecule is CCC(C)c1ccc(NC(N)=NCc2nncn2C)cc1. The van der Waals surface area contributed by atoms with Crippen LogP contribution in [0.1, 0.15) is 37.6 Å². The highest BCUT2D eigenvalue weighted by Crippen LogP contribution is 2.20. The van der Waals surface area contributed by atoms with Crippen molar-refractivity contribution in [1.82, 2.24) is 14.8 Å². The number of hydrogen-bond acceptors (Lipinski definition) is 3. The van der Waals surface area contributed by atoms with Gasteiger partial charge in [-0.3, -0.25) is 0 Å². The highest BCUT2D eigenvalue weighted by Gasteiger charge is 2.03. The zero-order valence-corrected chi connectivity index (χ0v) is 12.7. The van der Waals surface area contributed by atoms with Gasteiger partial charge in [0.2, 0.25) is 0 Å². The molecule has 0 saturated heterocycles. The molecule has 0 aliphatic heterocycles. The molecule has 21 heavy (non-hydrogen) atoms. The van der Waals surface area contributed by atoms with Crippen molar-refractivity contribution in [3.8, 4) is 0 Å². The normalized spacial score (nSPS) is 13.2. The van der Waals surface area contributed by atoms with E-state index in [4.69, 9.17) is 5.73 Å². The van der Waals surface area contributed by atoms with E-state index in [1.165, 1.54) is 5.56 Å². The van der Waals surface area contributed by atoms with Gasteiger partial charge in [-0.2, -0.15) is 0 Å². The predicted molar refractivity (Wildman–Crippen MR) is 85.1 cm³/mol. The zero-order chi connectivity index (χ0) is 15.2. The van der Waals surface area contributed by atoms with E-state index in [0.717, 1.165) is 17.9 Å². The van der Waals surface area contributed by atoms with Crippen molar-refractivity contribution < 1.29 is 0 Å². The minimum atomic E-state index is 0.370. The molecule has 1 atom stereocenters. The Hall–Kier alpha value is -2.37. The molecule has 112 valence electrons. The van der Waals surface area contributed by atoms with Crippen LogP contribution in [0.2, 0.25) is 0 Å². The van der Waals surface area contributed by atoms with Crippen LogP contribution in [0, 0.1) is 0 Å². The molecular formula is C15H22N6. The van der Waals surface area contributed by atoms with Gasteiger partial charge in [-0.15, -0.1) is 10.2 Å². The van der Waals surface area contributed by atoms with E-state index in [1.54, 1.807) is 6.33 Å². The van der Waals surface area contributed by atoms with Crippen molar-refractivity contribution >= 4 is 11.6 Å². The smallest absolute Gasteiger partial charge is 0.193 e. The summed E-state index contributed by atoms with van der Waals surface area (Å²) in [6.07, 6.45) is 2.77. The van der Waals surface area contributed by atoms with Gasteiger partial charge in [-0.05, 0) is 30.0 Å². The third-order valence-electron chi connectivity index (χ3n) is 3.56. The quantitative estimate of drug-likeness (QED) is 0.652. The summed E-state index contributed by atoms with van der Waals surface area (Å²) in [6, 6.07) is 8.28. The van der Waals surface area contributed by atoms with Crippen LogP contribution in [-0.4, -0.2) is 20.7 Å². The highest BCUT2D eigenvalue weighted by molar-refractivity contribution is 5.92. The fraction of sp³-hybridized carbons (Fsp3) is 0.400. The molecule has 0 bridgehead atoms. The Morgan fingerprint density at radius 3 is 2.67 bits per heavy atom. The lowest BCUT2D eigenvalue weighted by atomic mass is 9.99. The monoisotopic (exact) mass is 286 g/mol. The molecule has 1 unspecified atom stereocenters. The molecule has 3 N–H and O–H groups in total. The summed E-state index contributed by atoms with van der Waals surface area (Å²) in [7, 11) is 1.88. The lowest BCUT2D eigenvalue weighted by molar-refractivity contribution is 0.734. The molecular weight excluding hydrogens is 264 g/mol. The second-order valence-electron chi connectivity index (χ2n) is 5.12. The fourth-order valence-electron chi connectivity index (χ4n) is 1.92. The lowest BCUT2D eigenvalue weighted by Crippen LogP contribution is -2.22. The third kappa shape index (κ3) is 4.05. The standard InChI is InChI=1S/C15H22N6/c1-4-11(2)12-5-7-13(8-6-12)19-15(16)17-9-14-20-18-10-21(14)3/h5-8,10-11H,4,9H2,1-3H3,(H3,16,17,19). The first kappa shape index (κ1) is 15.0. The Bertz CT molecular complexity index is 599. The van der Waals surface area contributed by atoms with Crippen LogP contribution in [-0.2, 0) is 13.6 Å². The second kappa shape index (κ2) is 6.88. The van der Waals surface area contributed by atoms with Crippen LogP contribution in [0.25, 0.3) is 0 Å². The Morgan fingerprint density at radius 2 is 2.10 bits per heavy atom. The third-order valence-corrected chi connectivity index (χ3v) is 3.56. The molecule has 1 aromatic heterocycles. The molecule has 0 fully saturated rings. The summed E-state index contributed by atoms with van der Waals surface area (Å²) in [5.41, 5.74) is 8.14. The number of aromatic nitrogens is 3. The van der Waals surface area contributed by atoms with E-state index in [0.29, 0.717) is 18.4 Å². The molecule has 1 heterocycles. The van der Waals surface area contributed by atoms with Crippen LogP contribution in [0.15, 0.2) is 35.6 Å². The Morgan fingerprint density at radius 1 is 1.38 bits per heavy atom. The van der Waals surface area contributed by atoms with Crippen LogP contribution < -0.4 is 11.1 Å². The van der Waals surface area contributed by atoms with E-state index < -0.39 is 0 Å². The minimum Gasteiger partial charge on any atom is -0.370 e. The summed E-state index contributed by atoms with van der Waals surface area (Å²) in [6.45, 7) is 4.81. The first-order valence-electron chi connectivity index (χ1n) is 7.10. The van der Waals surface area contributed by atoms with Gasteiger partial charge in [0.1, 0.15) is 12.9 Å². The Labute approximate surface area is 125 Å². The van der Waals surface area contributed by atoms with Gasteiger partial charge in [0, 0.05) is 12.7 Å². The number of nitrogens with zero attached hydrogens (tertiary/aromatic N) is 4. The summed E-state index contributed by atoms with van der Waals surface area (Å²) in [5, 5.41) is 10.8. The fourth-order valence-corrected chi connectivity index (χ4v) is 1.92. The molecule has 0 aliphatic rings. The van der Waals surface area contributed by atoms with E-state index >= 15 is 0 Å². The Kier molecular flexibility index (Phi) is 4.92. The number of nitrogens with two attached hydrogens (primary N) is 1. The van der Waals surface area contributed by atoms with Gasteiger partial charge in [0.25, 0.3) is 0 Å². The summed E-state index contributed by atoms with van der Waals surface area (Å²) >= 11 is 0. The first-order valence-corrected chi connectivity index (χ1v) is 7.10. The molecule has 0 aliphatic carbocycles. The van der Waals surface area contributed by atoms with Gasteiger partial charge in [0.15, 0.2) is 11.8 Å². The van der Waals surface area contributed by atoms with Crippen molar-refractivity contribution in [1.29, 1.82) is 0 Å². The maximum Gasteiger partial charge on any atom is 0.193 e. The van der Waals surface area contributed by atoms with Crippen molar-refractivity contribution in [2.24, 2.45) is 17.8 Å². The minimum absolute atomic E-state index is 0.370. The molecule has 2 aromatic rings. The largest absolute Gasteiger partial charge is 0.370 e. The topological polar surface area (TPSA) is 81.1 Å². The van der Waals surface area contributed by atoms with Gasteiger partial charge in [-0.25, -0.2) is 4.99 Å². The molecule has 0 amide bonds. The van der Waals surface area contributed by atoms with Crippen LogP contribution in [0.4, 0.5) is 5.69 Å². The summed E-state index contributed by atoms with van der Waals surface area (Å²) in [5.74, 6) is 1.71. The van der Waals surface area contributed by atoms with Crippen molar-refractivity contribution in [2.75, 3.05) is 5.32 Å². The zero-order valence-electron chi connectivity index (χ0n) is 12.7. The predicted octanol–water partition coefficient (Wildman–Crippen LogP) is 2.26. The van der Waals surface area contributed by atoms with Gasteiger partial charge in [0.05, 0.1) is 0 Å². The number of guanidine groups is 1. The van der Waals surface area contributed by atoms with Crippen LogP contribution >= 0.6 is 0 Å². The molecule has 0 saturated carbocycles. The van der Waals surface area contributed by atoms with E-state index in [9.17, 15) is 0 Å².